The van der Waals surface area contributed by atoms with E-state index in [9.17, 15) is 5.11 Å². The predicted octanol–water partition coefficient (Wildman–Crippen LogP) is 1.80. The Labute approximate surface area is 102 Å². The average molecular weight is 230 g/mol. The fourth-order valence-electron chi connectivity index (χ4n) is 2.13. The van der Waals surface area contributed by atoms with Gasteiger partial charge in [0, 0.05) is 13.1 Å². The second-order valence-corrected chi connectivity index (χ2v) is 4.80. The molecule has 1 fully saturated rings. The van der Waals surface area contributed by atoms with E-state index in [1.807, 2.05) is 30.3 Å². The van der Waals surface area contributed by atoms with Gasteiger partial charge in [-0.2, -0.15) is 5.26 Å². The van der Waals surface area contributed by atoms with Crippen LogP contribution in [0.4, 0.5) is 0 Å². The van der Waals surface area contributed by atoms with E-state index >= 15 is 0 Å². The first-order valence-corrected chi connectivity index (χ1v) is 6.11. The van der Waals surface area contributed by atoms with Gasteiger partial charge in [-0.25, -0.2) is 0 Å². The zero-order valence-corrected chi connectivity index (χ0v) is 9.89. The molecule has 0 amide bonds. The number of benzene rings is 1. The first-order valence-electron chi connectivity index (χ1n) is 6.11. The molecule has 0 heterocycles. The summed E-state index contributed by atoms with van der Waals surface area (Å²) in [5.41, 5.74) is 0.513. The van der Waals surface area contributed by atoms with E-state index in [1.54, 1.807) is 0 Å². The molecular formula is C14H18N2O. The van der Waals surface area contributed by atoms with E-state index < -0.39 is 5.60 Å². The van der Waals surface area contributed by atoms with Crippen molar-refractivity contribution in [1.29, 1.82) is 5.26 Å². The molecule has 1 aromatic rings. The summed E-state index contributed by atoms with van der Waals surface area (Å²) in [5.74, 6) is -0.139. The summed E-state index contributed by atoms with van der Waals surface area (Å²) in [4.78, 5) is 0. The topological polar surface area (TPSA) is 56.0 Å². The molecule has 1 aliphatic carbocycles. The maximum Gasteiger partial charge on any atom is 0.0837 e. The van der Waals surface area contributed by atoms with Crippen molar-refractivity contribution in [2.24, 2.45) is 0 Å². The molecule has 1 aliphatic rings. The third-order valence-electron chi connectivity index (χ3n) is 3.44. The molecule has 0 aromatic heterocycles. The Bertz CT molecular complexity index is 392. The summed E-state index contributed by atoms with van der Waals surface area (Å²) in [6.07, 6.45) is 2.86. The van der Waals surface area contributed by atoms with E-state index in [0.29, 0.717) is 13.1 Å². The van der Waals surface area contributed by atoms with Crippen LogP contribution in [0.2, 0.25) is 0 Å². The highest BCUT2D eigenvalue weighted by molar-refractivity contribution is 5.25. The van der Waals surface area contributed by atoms with E-state index in [1.165, 1.54) is 0 Å². The van der Waals surface area contributed by atoms with Crippen molar-refractivity contribution in [3.63, 3.8) is 0 Å². The molecule has 0 spiro atoms. The van der Waals surface area contributed by atoms with Crippen LogP contribution in [-0.4, -0.2) is 23.8 Å². The summed E-state index contributed by atoms with van der Waals surface area (Å²) < 4.78 is 0. The predicted molar refractivity (Wildman–Crippen MR) is 66.5 cm³/mol. The van der Waals surface area contributed by atoms with Crippen LogP contribution in [0.1, 0.15) is 30.7 Å². The normalized spacial score (nSPS) is 19.1. The molecule has 1 aromatic carbocycles. The highest BCUT2D eigenvalue weighted by atomic mass is 16.3. The fraction of sp³-hybridized carbons (Fsp3) is 0.500. The highest BCUT2D eigenvalue weighted by Crippen LogP contribution is 2.30. The van der Waals surface area contributed by atoms with Crippen molar-refractivity contribution in [3.8, 4) is 6.07 Å². The number of hydrogen-bond donors (Lipinski definition) is 2. The van der Waals surface area contributed by atoms with Crippen LogP contribution >= 0.6 is 0 Å². The second kappa shape index (κ2) is 5.31. The lowest BCUT2D eigenvalue weighted by Crippen LogP contribution is -2.46. The first kappa shape index (κ1) is 12.1. The van der Waals surface area contributed by atoms with Gasteiger partial charge in [0.05, 0.1) is 17.6 Å². The highest BCUT2D eigenvalue weighted by Gasteiger charge is 2.33. The van der Waals surface area contributed by atoms with Crippen LogP contribution in [0.3, 0.4) is 0 Å². The van der Waals surface area contributed by atoms with Gasteiger partial charge >= 0.3 is 0 Å². The summed E-state index contributed by atoms with van der Waals surface area (Å²) in [6, 6.07) is 12.1. The van der Waals surface area contributed by atoms with Gasteiger partial charge in [0.15, 0.2) is 0 Å². The van der Waals surface area contributed by atoms with E-state index in [0.717, 1.165) is 24.8 Å². The van der Waals surface area contributed by atoms with Gasteiger partial charge in [-0.3, -0.25) is 0 Å². The lowest BCUT2D eigenvalue weighted by atomic mass is 9.80. The van der Waals surface area contributed by atoms with Crippen molar-refractivity contribution in [2.75, 3.05) is 13.1 Å². The van der Waals surface area contributed by atoms with Gasteiger partial charge < -0.3 is 10.4 Å². The molecule has 0 aliphatic heterocycles. The molecule has 2 N–H and O–H groups in total. The Hall–Kier alpha value is -1.37. The van der Waals surface area contributed by atoms with Gasteiger partial charge in [-0.05, 0) is 24.8 Å². The van der Waals surface area contributed by atoms with Crippen LogP contribution in [-0.2, 0) is 0 Å². The molecule has 1 saturated carbocycles. The Morgan fingerprint density at radius 3 is 2.59 bits per heavy atom. The second-order valence-electron chi connectivity index (χ2n) is 4.80. The Morgan fingerprint density at radius 2 is 2.06 bits per heavy atom. The molecule has 17 heavy (non-hydrogen) atoms. The van der Waals surface area contributed by atoms with Crippen LogP contribution in [0, 0.1) is 11.3 Å². The molecule has 0 radical (unpaired) electrons. The zero-order chi connectivity index (χ0) is 12.1. The Balaban J connectivity index is 1.83. The number of nitriles is 1. The third kappa shape index (κ3) is 3.06. The molecule has 3 heteroatoms. The summed E-state index contributed by atoms with van der Waals surface area (Å²) in [7, 11) is 0. The van der Waals surface area contributed by atoms with Gasteiger partial charge in [-0.1, -0.05) is 30.3 Å². The van der Waals surface area contributed by atoms with Gasteiger partial charge in [0.1, 0.15) is 0 Å². The Morgan fingerprint density at radius 1 is 1.35 bits per heavy atom. The largest absolute Gasteiger partial charge is 0.389 e. The van der Waals surface area contributed by atoms with Crippen molar-refractivity contribution in [1.82, 2.24) is 5.32 Å². The molecule has 2 rings (SSSR count). The van der Waals surface area contributed by atoms with Gasteiger partial charge in [0.25, 0.3) is 0 Å². The molecular weight excluding hydrogens is 212 g/mol. The smallest absolute Gasteiger partial charge is 0.0837 e. The monoisotopic (exact) mass is 230 g/mol. The van der Waals surface area contributed by atoms with Crippen LogP contribution in [0.5, 0.6) is 0 Å². The SMILES string of the molecule is N#CC(CNCC1(O)CCC1)c1ccccc1. The standard InChI is InChI=1S/C14H18N2O/c15-9-13(12-5-2-1-3-6-12)10-16-11-14(17)7-4-8-14/h1-3,5-6,13,16-17H,4,7-8,10-11H2. The van der Waals surface area contributed by atoms with Crippen LogP contribution in [0.15, 0.2) is 30.3 Å². The van der Waals surface area contributed by atoms with Gasteiger partial charge in [0.2, 0.25) is 0 Å². The number of nitrogens with one attached hydrogen (secondary N) is 1. The molecule has 0 bridgehead atoms. The third-order valence-corrected chi connectivity index (χ3v) is 3.44. The van der Waals surface area contributed by atoms with Crippen molar-refractivity contribution in [2.45, 2.75) is 30.8 Å². The quantitative estimate of drug-likeness (QED) is 0.811. The summed E-state index contributed by atoms with van der Waals surface area (Å²) in [5, 5.41) is 22.3. The number of nitrogens with zero attached hydrogens (tertiary/aromatic N) is 1. The Kier molecular flexibility index (Phi) is 3.78. The maximum absolute atomic E-state index is 9.92. The lowest BCUT2D eigenvalue weighted by Gasteiger charge is -2.36. The maximum atomic E-state index is 9.92. The van der Waals surface area contributed by atoms with Crippen molar-refractivity contribution in [3.05, 3.63) is 35.9 Å². The van der Waals surface area contributed by atoms with Crippen LogP contribution < -0.4 is 5.32 Å². The van der Waals surface area contributed by atoms with Gasteiger partial charge in [-0.15, -0.1) is 0 Å². The fourth-order valence-corrected chi connectivity index (χ4v) is 2.13. The summed E-state index contributed by atoms with van der Waals surface area (Å²) >= 11 is 0. The molecule has 0 saturated heterocycles. The number of rotatable bonds is 5. The van der Waals surface area contributed by atoms with Crippen LogP contribution in [0.25, 0.3) is 0 Å². The van der Waals surface area contributed by atoms with Crippen molar-refractivity contribution >= 4 is 0 Å². The number of hydrogen-bond acceptors (Lipinski definition) is 3. The number of aliphatic hydroxyl groups is 1. The molecule has 90 valence electrons. The molecule has 3 nitrogen and oxygen atoms in total. The lowest BCUT2D eigenvalue weighted by molar-refractivity contribution is -0.0311. The first-order chi connectivity index (χ1) is 8.23. The minimum absolute atomic E-state index is 0.139. The van der Waals surface area contributed by atoms with E-state index in [2.05, 4.69) is 11.4 Å². The molecule has 1 atom stereocenters. The minimum Gasteiger partial charge on any atom is -0.389 e. The van der Waals surface area contributed by atoms with E-state index in [4.69, 9.17) is 5.26 Å². The zero-order valence-electron chi connectivity index (χ0n) is 9.89. The molecule has 1 unspecified atom stereocenters. The van der Waals surface area contributed by atoms with E-state index in [-0.39, 0.29) is 5.92 Å². The summed E-state index contributed by atoms with van der Waals surface area (Å²) in [6.45, 7) is 1.20. The average Bonchev–Trinajstić information content (AvgIpc) is 2.33. The minimum atomic E-state index is -0.517. The van der Waals surface area contributed by atoms with Crippen molar-refractivity contribution < 1.29 is 5.11 Å².